The predicted molar refractivity (Wildman–Crippen MR) is 69.5 cm³/mol. The molecule has 0 amide bonds. The molecule has 0 fully saturated rings. The van der Waals surface area contributed by atoms with Crippen LogP contribution in [-0.2, 0) is 9.53 Å². The Kier molecular flexibility index (Phi) is 5.82. The van der Waals surface area contributed by atoms with Crippen LogP contribution < -0.4 is 10.1 Å². The van der Waals surface area contributed by atoms with Crippen LogP contribution in [0.3, 0.4) is 0 Å². The number of esters is 1. The zero-order chi connectivity index (χ0) is 15.3. The Morgan fingerprint density at radius 3 is 2.50 bits per heavy atom. The minimum Gasteiger partial charge on any atom is -0.496 e. The molecule has 0 spiro atoms. The number of benzene rings is 1. The summed E-state index contributed by atoms with van der Waals surface area (Å²) in [6.45, 7) is -1.30. The van der Waals surface area contributed by atoms with Crippen LogP contribution in [0.15, 0.2) is 22.7 Å². The Hall–Kier alpha value is -1.28. The van der Waals surface area contributed by atoms with Gasteiger partial charge < -0.3 is 9.47 Å². The van der Waals surface area contributed by atoms with Crippen LogP contribution in [0.4, 0.5) is 13.2 Å². The van der Waals surface area contributed by atoms with Crippen molar-refractivity contribution in [2.75, 3.05) is 20.8 Å². The lowest BCUT2D eigenvalue weighted by Crippen LogP contribution is -2.36. The predicted octanol–water partition coefficient (Wildman–Crippen LogP) is 2.82. The third kappa shape index (κ3) is 4.68. The largest absolute Gasteiger partial charge is 0.496 e. The van der Waals surface area contributed by atoms with Gasteiger partial charge in [0.05, 0.1) is 25.2 Å². The Bertz CT molecular complexity index is 480. The summed E-state index contributed by atoms with van der Waals surface area (Å²) in [5.41, 5.74) is 0.341. The van der Waals surface area contributed by atoms with E-state index in [-0.39, 0.29) is 0 Å². The zero-order valence-corrected chi connectivity index (χ0v) is 12.3. The summed E-state index contributed by atoms with van der Waals surface area (Å²) in [7, 11) is 2.57. The van der Waals surface area contributed by atoms with Crippen molar-refractivity contribution < 1.29 is 27.4 Å². The number of carbonyl (C=O) groups excluding carboxylic acids is 1. The second-order valence-corrected chi connectivity index (χ2v) is 4.70. The smallest absolute Gasteiger partial charge is 0.401 e. The molecular formula is C12H13BrF3NO3. The highest BCUT2D eigenvalue weighted by Gasteiger charge is 2.31. The van der Waals surface area contributed by atoms with Crippen LogP contribution >= 0.6 is 15.9 Å². The number of hydrogen-bond acceptors (Lipinski definition) is 4. The Morgan fingerprint density at radius 2 is 2.05 bits per heavy atom. The van der Waals surface area contributed by atoms with E-state index in [1.165, 1.54) is 19.2 Å². The van der Waals surface area contributed by atoms with Crippen molar-refractivity contribution in [1.29, 1.82) is 0 Å². The van der Waals surface area contributed by atoms with Crippen LogP contribution in [-0.4, -0.2) is 32.9 Å². The van der Waals surface area contributed by atoms with Crippen molar-refractivity contribution in [3.8, 4) is 5.75 Å². The molecule has 0 bridgehead atoms. The zero-order valence-electron chi connectivity index (χ0n) is 10.8. The Morgan fingerprint density at radius 1 is 1.40 bits per heavy atom. The number of rotatable bonds is 5. The second-order valence-electron chi connectivity index (χ2n) is 3.85. The Balaban J connectivity index is 2.99. The van der Waals surface area contributed by atoms with Gasteiger partial charge in [0, 0.05) is 0 Å². The van der Waals surface area contributed by atoms with Gasteiger partial charge in [0.15, 0.2) is 0 Å². The monoisotopic (exact) mass is 355 g/mol. The van der Waals surface area contributed by atoms with Crippen molar-refractivity contribution in [3.05, 3.63) is 28.2 Å². The average molecular weight is 356 g/mol. The lowest BCUT2D eigenvalue weighted by molar-refractivity contribution is -0.146. The average Bonchev–Trinajstić information content (AvgIpc) is 2.37. The first kappa shape index (κ1) is 16.8. The molecule has 0 aliphatic carbocycles. The molecule has 0 aliphatic heterocycles. The number of nitrogens with one attached hydrogen (secondary N) is 1. The van der Waals surface area contributed by atoms with E-state index in [9.17, 15) is 18.0 Å². The summed E-state index contributed by atoms with van der Waals surface area (Å²) >= 11 is 3.21. The van der Waals surface area contributed by atoms with Gasteiger partial charge in [0.2, 0.25) is 0 Å². The number of hydrogen-bond donors (Lipinski definition) is 1. The van der Waals surface area contributed by atoms with Crippen LogP contribution in [0.25, 0.3) is 0 Å². The molecule has 1 atom stereocenters. The van der Waals surface area contributed by atoms with Crippen molar-refractivity contribution in [2.24, 2.45) is 0 Å². The molecule has 1 unspecified atom stereocenters. The molecule has 20 heavy (non-hydrogen) atoms. The van der Waals surface area contributed by atoms with E-state index >= 15 is 0 Å². The number of ether oxygens (including phenoxy) is 2. The molecule has 0 aromatic heterocycles. The van der Waals surface area contributed by atoms with E-state index in [1.54, 1.807) is 6.07 Å². The first-order chi connectivity index (χ1) is 9.28. The molecule has 1 aromatic rings. The van der Waals surface area contributed by atoms with Crippen molar-refractivity contribution >= 4 is 21.9 Å². The molecule has 1 aromatic carbocycles. The summed E-state index contributed by atoms with van der Waals surface area (Å²) in [6.07, 6.45) is -4.42. The molecule has 112 valence electrons. The van der Waals surface area contributed by atoms with Gasteiger partial charge in [0.1, 0.15) is 11.8 Å². The first-order valence-electron chi connectivity index (χ1n) is 5.50. The van der Waals surface area contributed by atoms with E-state index in [0.29, 0.717) is 15.8 Å². The van der Waals surface area contributed by atoms with Crippen LogP contribution in [0.1, 0.15) is 11.6 Å². The summed E-state index contributed by atoms with van der Waals surface area (Å²) in [6, 6.07) is 3.34. The van der Waals surface area contributed by atoms with Crippen molar-refractivity contribution in [2.45, 2.75) is 12.2 Å². The van der Waals surface area contributed by atoms with Gasteiger partial charge in [-0.15, -0.1) is 0 Å². The molecule has 0 heterocycles. The Labute approximate surface area is 122 Å². The van der Waals surface area contributed by atoms with Gasteiger partial charge in [-0.1, -0.05) is 6.07 Å². The maximum Gasteiger partial charge on any atom is 0.401 e. The SMILES string of the molecule is COC(=O)C(NCC(F)(F)F)c1ccc(OC)c(Br)c1. The molecule has 0 saturated carbocycles. The first-order valence-corrected chi connectivity index (χ1v) is 6.29. The normalized spacial score (nSPS) is 12.9. The van der Waals surface area contributed by atoms with Gasteiger partial charge >= 0.3 is 12.1 Å². The number of methoxy groups -OCH3 is 2. The van der Waals surface area contributed by atoms with Gasteiger partial charge in [0.25, 0.3) is 0 Å². The highest BCUT2D eigenvalue weighted by molar-refractivity contribution is 9.10. The lowest BCUT2D eigenvalue weighted by atomic mass is 10.1. The van der Waals surface area contributed by atoms with Gasteiger partial charge in [-0.2, -0.15) is 13.2 Å². The molecule has 4 nitrogen and oxygen atoms in total. The van der Waals surface area contributed by atoms with Crippen LogP contribution in [0.2, 0.25) is 0 Å². The van der Waals surface area contributed by atoms with E-state index in [4.69, 9.17) is 4.74 Å². The summed E-state index contributed by atoms with van der Waals surface area (Å²) in [5, 5.41) is 2.13. The van der Waals surface area contributed by atoms with Crippen LogP contribution in [0.5, 0.6) is 5.75 Å². The quantitative estimate of drug-likeness (QED) is 0.825. The summed E-state index contributed by atoms with van der Waals surface area (Å²) < 4.78 is 46.8. The number of halogens is 4. The van der Waals surface area contributed by atoms with Gasteiger partial charge in [-0.05, 0) is 33.6 Å². The minimum absolute atomic E-state index is 0.341. The number of carbonyl (C=O) groups is 1. The van der Waals surface area contributed by atoms with Gasteiger partial charge in [-0.3, -0.25) is 5.32 Å². The van der Waals surface area contributed by atoms with Crippen molar-refractivity contribution in [3.63, 3.8) is 0 Å². The fourth-order valence-corrected chi connectivity index (χ4v) is 2.09. The third-order valence-corrected chi connectivity index (χ3v) is 3.07. The standard InChI is InChI=1S/C12H13BrF3NO3/c1-19-9-4-3-7(5-8(9)13)10(11(18)20-2)17-6-12(14,15)16/h3-5,10,17H,6H2,1-2H3. The van der Waals surface area contributed by atoms with E-state index in [1.807, 2.05) is 0 Å². The molecule has 8 heteroatoms. The van der Waals surface area contributed by atoms with Crippen LogP contribution in [0, 0.1) is 0 Å². The highest BCUT2D eigenvalue weighted by atomic mass is 79.9. The highest BCUT2D eigenvalue weighted by Crippen LogP contribution is 2.29. The fraction of sp³-hybridized carbons (Fsp3) is 0.417. The second kappa shape index (κ2) is 6.94. The minimum atomic E-state index is -4.42. The maximum atomic E-state index is 12.3. The molecule has 0 radical (unpaired) electrons. The topological polar surface area (TPSA) is 47.6 Å². The van der Waals surface area contributed by atoms with E-state index in [0.717, 1.165) is 7.11 Å². The molecule has 0 aliphatic rings. The molecule has 1 rings (SSSR count). The molecule has 1 N–H and O–H groups in total. The number of alkyl halides is 3. The summed E-state index contributed by atoms with van der Waals surface area (Å²) in [4.78, 5) is 11.6. The lowest BCUT2D eigenvalue weighted by Gasteiger charge is -2.18. The van der Waals surface area contributed by atoms with E-state index in [2.05, 4.69) is 26.0 Å². The fourth-order valence-electron chi connectivity index (χ4n) is 1.54. The molecular weight excluding hydrogens is 343 g/mol. The van der Waals surface area contributed by atoms with Crippen molar-refractivity contribution in [1.82, 2.24) is 5.32 Å². The van der Waals surface area contributed by atoms with Gasteiger partial charge in [-0.25, -0.2) is 4.79 Å². The molecule has 0 saturated heterocycles. The maximum absolute atomic E-state index is 12.3. The summed E-state index contributed by atoms with van der Waals surface area (Å²) in [5.74, 6) is -0.292. The third-order valence-electron chi connectivity index (χ3n) is 2.45. The van der Waals surface area contributed by atoms with E-state index < -0.39 is 24.7 Å².